The Hall–Kier alpha value is -3.40. The van der Waals surface area contributed by atoms with Gasteiger partial charge in [-0.25, -0.2) is 4.39 Å². The number of carbonyl (C=O) groups is 1. The lowest BCUT2D eigenvalue weighted by atomic mass is 9.93. The van der Waals surface area contributed by atoms with Gasteiger partial charge in [-0.1, -0.05) is 43.3 Å². The van der Waals surface area contributed by atoms with Crippen LogP contribution in [0.15, 0.2) is 72.8 Å². The first-order chi connectivity index (χ1) is 14.6. The molecule has 0 spiro atoms. The summed E-state index contributed by atoms with van der Waals surface area (Å²) in [4.78, 5) is 15.3. The number of amides is 1. The van der Waals surface area contributed by atoms with Gasteiger partial charge in [-0.3, -0.25) is 4.79 Å². The first kappa shape index (κ1) is 18.6. The highest BCUT2D eigenvalue weighted by Crippen LogP contribution is 2.46. The minimum absolute atomic E-state index is 0.0791. The fourth-order valence-corrected chi connectivity index (χ4v) is 4.81. The summed E-state index contributed by atoms with van der Waals surface area (Å²) in [5.74, 6) is -0.177. The van der Waals surface area contributed by atoms with Crippen LogP contribution < -0.4 is 0 Å². The number of hydrogen-bond donors (Lipinski definition) is 0. The molecule has 0 fully saturated rings. The molecule has 1 atom stereocenters. The Morgan fingerprint density at radius 3 is 2.40 bits per heavy atom. The van der Waals surface area contributed by atoms with Crippen LogP contribution in [-0.4, -0.2) is 21.9 Å². The molecule has 1 aliphatic heterocycles. The number of nitrogens with zero attached hydrogens (tertiary/aromatic N) is 2. The van der Waals surface area contributed by atoms with Crippen LogP contribution in [0.1, 0.15) is 40.9 Å². The molecule has 4 aromatic rings. The average Bonchev–Trinajstić information content (AvgIpc) is 3.21. The Morgan fingerprint density at radius 1 is 0.933 bits per heavy atom. The van der Waals surface area contributed by atoms with Crippen molar-refractivity contribution in [3.63, 3.8) is 0 Å². The molecular formula is C26H23FN2O. The van der Waals surface area contributed by atoms with E-state index >= 15 is 0 Å². The fraction of sp³-hybridized carbons (Fsp3) is 0.192. The van der Waals surface area contributed by atoms with Crippen molar-refractivity contribution in [3.8, 4) is 11.3 Å². The van der Waals surface area contributed by atoms with Gasteiger partial charge in [0.1, 0.15) is 5.82 Å². The predicted molar refractivity (Wildman–Crippen MR) is 118 cm³/mol. The molecule has 0 radical (unpaired) electrons. The smallest absolute Gasteiger partial charge is 0.255 e. The van der Waals surface area contributed by atoms with Crippen LogP contribution in [0.5, 0.6) is 0 Å². The van der Waals surface area contributed by atoms with Crippen LogP contribution >= 0.6 is 0 Å². The number of fused-ring (bicyclic) bond motifs is 2. The number of halogens is 1. The summed E-state index contributed by atoms with van der Waals surface area (Å²) >= 11 is 0. The van der Waals surface area contributed by atoms with Gasteiger partial charge in [0.25, 0.3) is 5.91 Å². The summed E-state index contributed by atoms with van der Waals surface area (Å²) in [6, 6.07) is 22.6. The van der Waals surface area contributed by atoms with Crippen molar-refractivity contribution >= 4 is 16.8 Å². The van der Waals surface area contributed by atoms with Crippen LogP contribution in [0.2, 0.25) is 0 Å². The normalized spacial score (nSPS) is 15.8. The molecule has 0 bridgehead atoms. The van der Waals surface area contributed by atoms with E-state index in [1.165, 1.54) is 12.1 Å². The van der Waals surface area contributed by atoms with Gasteiger partial charge in [0.2, 0.25) is 0 Å². The van der Waals surface area contributed by atoms with E-state index in [1.807, 2.05) is 54.4 Å². The highest BCUT2D eigenvalue weighted by molar-refractivity contribution is 6.02. The Morgan fingerprint density at radius 2 is 1.63 bits per heavy atom. The maximum atomic E-state index is 13.7. The average molecular weight is 398 g/mol. The predicted octanol–water partition coefficient (Wildman–Crippen LogP) is 5.94. The molecule has 1 amide bonds. The number of para-hydroxylation sites is 1. The Labute approximate surface area is 175 Å². The molecule has 0 unspecified atom stereocenters. The largest absolute Gasteiger partial charge is 0.343 e. The molecular weight excluding hydrogens is 375 g/mol. The van der Waals surface area contributed by atoms with Crippen LogP contribution in [0.4, 0.5) is 4.39 Å². The maximum Gasteiger partial charge on any atom is 0.255 e. The number of aryl methyl sites for hydroxylation is 1. The minimum Gasteiger partial charge on any atom is -0.343 e. The van der Waals surface area contributed by atoms with Crippen LogP contribution in [-0.2, 0) is 7.05 Å². The lowest BCUT2D eigenvalue weighted by Crippen LogP contribution is -2.29. The van der Waals surface area contributed by atoms with Gasteiger partial charge in [0, 0.05) is 35.6 Å². The maximum absolute atomic E-state index is 13.7. The van der Waals surface area contributed by atoms with Crippen molar-refractivity contribution in [1.82, 2.24) is 9.47 Å². The number of rotatable bonds is 4. The van der Waals surface area contributed by atoms with Gasteiger partial charge < -0.3 is 9.47 Å². The fourth-order valence-electron chi connectivity index (χ4n) is 4.81. The molecule has 0 N–H and O–H groups in total. The second-order valence-corrected chi connectivity index (χ2v) is 7.83. The number of hydrogen-bond acceptors (Lipinski definition) is 1. The Balaban J connectivity index is 1.85. The third-order valence-electron chi connectivity index (χ3n) is 6.06. The summed E-state index contributed by atoms with van der Waals surface area (Å²) in [5, 5.41) is 1.12. The molecule has 1 aromatic heterocycles. The van der Waals surface area contributed by atoms with E-state index in [2.05, 4.69) is 29.7 Å². The molecule has 5 rings (SSSR count). The summed E-state index contributed by atoms with van der Waals surface area (Å²) in [5.41, 5.74) is 5.97. The van der Waals surface area contributed by atoms with E-state index in [0.29, 0.717) is 6.54 Å². The molecule has 2 heterocycles. The molecule has 3 aromatic carbocycles. The Kier molecular flexibility index (Phi) is 4.43. The molecule has 4 heteroatoms. The van der Waals surface area contributed by atoms with Crippen LogP contribution in [0.25, 0.3) is 22.2 Å². The first-order valence-corrected chi connectivity index (χ1v) is 10.3. The van der Waals surface area contributed by atoms with Gasteiger partial charge in [0.15, 0.2) is 0 Å². The Bertz CT molecular complexity index is 1260. The van der Waals surface area contributed by atoms with Gasteiger partial charge in [0.05, 0.1) is 11.7 Å². The topological polar surface area (TPSA) is 25.2 Å². The number of benzene rings is 3. The van der Waals surface area contributed by atoms with Crippen molar-refractivity contribution in [2.24, 2.45) is 7.05 Å². The molecule has 3 nitrogen and oxygen atoms in total. The zero-order chi connectivity index (χ0) is 20.8. The monoisotopic (exact) mass is 398 g/mol. The molecule has 0 aliphatic carbocycles. The molecule has 1 aliphatic rings. The van der Waals surface area contributed by atoms with Crippen molar-refractivity contribution in [2.75, 3.05) is 6.54 Å². The van der Waals surface area contributed by atoms with Crippen molar-refractivity contribution < 1.29 is 9.18 Å². The summed E-state index contributed by atoms with van der Waals surface area (Å²) in [6.45, 7) is 2.78. The quantitative estimate of drug-likeness (QED) is 0.418. The number of aromatic nitrogens is 1. The standard InChI is InChI=1S/C26H23FN2O/c1-3-16-29-25(19-8-4-5-9-20(19)26(29)30)23-21-10-6-7-11-22(21)28(2)24(23)17-12-14-18(27)15-13-17/h4-15,25H,3,16H2,1-2H3/t25-/m1/s1. The highest BCUT2D eigenvalue weighted by Gasteiger charge is 2.40. The highest BCUT2D eigenvalue weighted by atomic mass is 19.1. The zero-order valence-corrected chi connectivity index (χ0v) is 17.1. The van der Waals surface area contributed by atoms with E-state index < -0.39 is 0 Å². The SMILES string of the molecule is CCCN1C(=O)c2ccccc2[C@@H]1c1c(-c2ccc(F)cc2)n(C)c2ccccc12. The zero-order valence-electron chi connectivity index (χ0n) is 17.1. The minimum atomic E-state index is -0.256. The van der Waals surface area contributed by atoms with Crippen molar-refractivity contribution in [2.45, 2.75) is 19.4 Å². The molecule has 30 heavy (non-hydrogen) atoms. The number of carbonyl (C=O) groups excluding carboxylic acids is 1. The van der Waals surface area contributed by atoms with Crippen LogP contribution in [0.3, 0.4) is 0 Å². The molecule has 150 valence electrons. The summed E-state index contributed by atoms with van der Waals surface area (Å²) in [7, 11) is 2.04. The lowest BCUT2D eigenvalue weighted by molar-refractivity contribution is 0.0751. The van der Waals surface area contributed by atoms with Crippen LogP contribution in [0, 0.1) is 5.82 Å². The van der Waals surface area contributed by atoms with Crippen molar-refractivity contribution in [1.29, 1.82) is 0 Å². The van der Waals surface area contributed by atoms with E-state index in [1.54, 1.807) is 0 Å². The van der Waals surface area contributed by atoms with E-state index in [-0.39, 0.29) is 17.8 Å². The second kappa shape index (κ2) is 7.13. The molecule has 0 saturated carbocycles. The summed E-state index contributed by atoms with van der Waals surface area (Å²) < 4.78 is 15.8. The van der Waals surface area contributed by atoms with E-state index in [0.717, 1.165) is 45.3 Å². The van der Waals surface area contributed by atoms with Gasteiger partial charge in [-0.15, -0.1) is 0 Å². The van der Waals surface area contributed by atoms with Crippen molar-refractivity contribution in [3.05, 3.63) is 95.3 Å². The van der Waals surface area contributed by atoms with E-state index in [9.17, 15) is 9.18 Å². The first-order valence-electron chi connectivity index (χ1n) is 10.3. The second-order valence-electron chi connectivity index (χ2n) is 7.83. The van der Waals surface area contributed by atoms with E-state index in [4.69, 9.17) is 0 Å². The molecule has 0 saturated heterocycles. The van der Waals surface area contributed by atoms with Gasteiger partial charge >= 0.3 is 0 Å². The summed E-state index contributed by atoms with van der Waals surface area (Å²) in [6.07, 6.45) is 0.882. The third kappa shape index (κ3) is 2.67. The van der Waals surface area contributed by atoms with Gasteiger partial charge in [-0.2, -0.15) is 0 Å². The third-order valence-corrected chi connectivity index (χ3v) is 6.06. The lowest BCUT2D eigenvalue weighted by Gasteiger charge is -2.26. The van der Waals surface area contributed by atoms with Gasteiger partial charge in [-0.05, 0) is 53.9 Å².